The topological polar surface area (TPSA) is 61.8 Å². The number of piperidine rings is 1. The number of aliphatic hydroxyl groups excluding tert-OH is 1. The van der Waals surface area contributed by atoms with E-state index in [1.807, 2.05) is 0 Å². The molecule has 1 fully saturated rings. The molecule has 1 aromatic rings. The van der Waals surface area contributed by atoms with Gasteiger partial charge >= 0.3 is 0 Å². The van der Waals surface area contributed by atoms with Gasteiger partial charge in [-0.05, 0) is 49.8 Å². The number of nitrogens with zero attached hydrogens (tertiary/aromatic N) is 1. The van der Waals surface area contributed by atoms with Crippen molar-refractivity contribution >= 4 is 5.91 Å². The van der Waals surface area contributed by atoms with E-state index < -0.39 is 6.10 Å². The Morgan fingerprint density at radius 2 is 2.20 bits per heavy atom. The second-order valence-electron chi connectivity index (χ2n) is 7.37. The molecule has 3 atom stereocenters. The summed E-state index contributed by atoms with van der Waals surface area (Å²) in [5.74, 6) is 0.0201. The van der Waals surface area contributed by atoms with Gasteiger partial charge in [-0.25, -0.2) is 0 Å². The van der Waals surface area contributed by atoms with E-state index in [-0.39, 0.29) is 18.1 Å². The van der Waals surface area contributed by atoms with Gasteiger partial charge in [0.15, 0.2) is 0 Å². The fraction of sp³-hybridized carbons (Fsp3) is 0.650. The zero-order valence-corrected chi connectivity index (χ0v) is 15.1. The predicted molar refractivity (Wildman–Crippen MR) is 97.4 cm³/mol. The van der Waals surface area contributed by atoms with Crippen molar-refractivity contribution in [1.82, 2.24) is 10.2 Å². The number of fused-ring (bicyclic) bond motifs is 1. The first-order valence-electron chi connectivity index (χ1n) is 9.48. The molecule has 3 rings (SSSR count). The minimum absolute atomic E-state index is 0.0201. The zero-order chi connectivity index (χ0) is 17.6. The summed E-state index contributed by atoms with van der Waals surface area (Å²) in [5.41, 5.74) is 2.66. The van der Waals surface area contributed by atoms with Crippen LogP contribution in [-0.4, -0.2) is 54.3 Å². The largest absolute Gasteiger partial charge is 0.389 e. The minimum Gasteiger partial charge on any atom is -0.389 e. The van der Waals surface area contributed by atoms with Crippen molar-refractivity contribution in [3.8, 4) is 0 Å². The highest BCUT2D eigenvalue weighted by molar-refractivity contribution is 5.73. The lowest BCUT2D eigenvalue weighted by molar-refractivity contribution is -0.120. The van der Waals surface area contributed by atoms with Gasteiger partial charge in [-0.2, -0.15) is 0 Å². The van der Waals surface area contributed by atoms with Crippen LogP contribution in [0.15, 0.2) is 24.3 Å². The summed E-state index contributed by atoms with van der Waals surface area (Å²) in [6.07, 6.45) is 4.96. The van der Waals surface area contributed by atoms with E-state index in [9.17, 15) is 9.90 Å². The monoisotopic (exact) mass is 346 g/mol. The molecule has 5 heteroatoms. The maximum absolute atomic E-state index is 11.2. The normalized spacial score (nSPS) is 25.2. The van der Waals surface area contributed by atoms with Crippen molar-refractivity contribution < 1.29 is 14.6 Å². The van der Waals surface area contributed by atoms with Crippen molar-refractivity contribution in [3.63, 3.8) is 0 Å². The first kappa shape index (κ1) is 18.4. The Balaban J connectivity index is 1.45. The van der Waals surface area contributed by atoms with Gasteiger partial charge < -0.3 is 15.2 Å². The van der Waals surface area contributed by atoms with Crippen LogP contribution in [0.3, 0.4) is 0 Å². The maximum atomic E-state index is 11.2. The highest BCUT2D eigenvalue weighted by atomic mass is 16.5. The lowest BCUT2D eigenvalue weighted by atomic mass is 9.89. The Morgan fingerprint density at radius 3 is 3.04 bits per heavy atom. The molecule has 1 aliphatic carbocycles. The fourth-order valence-electron chi connectivity index (χ4n) is 4.09. The van der Waals surface area contributed by atoms with Gasteiger partial charge in [-0.3, -0.25) is 9.69 Å². The number of aryl methyl sites for hydroxylation is 1. The molecule has 138 valence electrons. The molecule has 0 saturated carbocycles. The van der Waals surface area contributed by atoms with Crippen LogP contribution in [0.1, 0.15) is 49.8 Å². The number of amides is 1. The summed E-state index contributed by atoms with van der Waals surface area (Å²) >= 11 is 0. The second kappa shape index (κ2) is 8.79. The molecule has 0 bridgehead atoms. The third-order valence-corrected chi connectivity index (χ3v) is 5.19. The van der Waals surface area contributed by atoms with E-state index in [0.29, 0.717) is 13.2 Å². The smallest absolute Gasteiger partial charge is 0.217 e. The summed E-state index contributed by atoms with van der Waals surface area (Å²) in [5, 5.41) is 13.4. The van der Waals surface area contributed by atoms with Crippen LogP contribution in [0, 0.1) is 0 Å². The zero-order valence-electron chi connectivity index (χ0n) is 15.1. The van der Waals surface area contributed by atoms with Crippen molar-refractivity contribution in [2.45, 2.75) is 57.3 Å². The molecule has 1 aliphatic heterocycles. The molecular formula is C20H30N2O3. The molecule has 0 aromatic heterocycles. The van der Waals surface area contributed by atoms with Gasteiger partial charge in [0.1, 0.15) is 0 Å². The summed E-state index contributed by atoms with van der Waals surface area (Å²) in [6.45, 7) is 4.30. The fourth-order valence-corrected chi connectivity index (χ4v) is 4.09. The molecule has 0 radical (unpaired) electrons. The summed E-state index contributed by atoms with van der Waals surface area (Å²) in [7, 11) is 0. The maximum Gasteiger partial charge on any atom is 0.217 e. The van der Waals surface area contributed by atoms with E-state index in [0.717, 1.165) is 45.2 Å². The van der Waals surface area contributed by atoms with Gasteiger partial charge in [0.05, 0.1) is 18.8 Å². The first-order chi connectivity index (χ1) is 12.1. The summed E-state index contributed by atoms with van der Waals surface area (Å²) in [6, 6.07) is 8.67. The molecular weight excluding hydrogens is 316 g/mol. The quantitative estimate of drug-likeness (QED) is 0.827. The molecule has 1 aromatic carbocycles. The number of carbonyl (C=O) groups is 1. The number of ether oxygens (including phenoxy) is 1. The Labute approximate surface area is 150 Å². The SMILES string of the molecule is CC(=O)NC1CCCN(CC(O)COC2CCCc3ccccc32)C1. The van der Waals surface area contributed by atoms with Crippen LogP contribution in [0.2, 0.25) is 0 Å². The van der Waals surface area contributed by atoms with E-state index in [2.05, 4.69) is 34.5 Å². The Morgan fingerprint density at radius 1 is 1.36 bits per heavy atom. The van der Waals surface area contributed by atoms with Gasteiger partial charge in [0, 0.05) is 26.1 Å². The molecule has 3 unspecified atom stereocenters. The average Bonchev–Trinajstić information content (AvgIpc) is 2.59. The molecule has 2 N–H and O–H groups in total. The van der Waals surface area contributed by atoms with Gasteiger partial charge in [0.25, 0.3) is 0 Å². The van der Waals surface area contributed by atoms with Crippen LogP contribution in [0.4, 0.5) is 0 Å². The van der Waals surface area contributed by atoms with Crippen LogP contribution >= 0.6 is 0 Å². The van der Waals surface area contributed by atoms with E-state index in [1.165, 1.54) is 11.1 Å². The molecule has 2 aliphatic rings. The van der Waals surface area contributed by atoms with Crippen molar-refractivity contribution in [2.24, 2.45) is 0 Å². The van der Waals surface area contributed by atoms with Crippen molar-refractivity contribution in [1.29, 1.82) is 0 Å². The number of hydrogen-bond acceptors (Lipinski definition) is 4. The van der Waals surface area contributed by atoms with Crippen LogP contribution in [-0.2, 0) is 16.0 Å². The predicted octanol–water partition coefficient (Wildman–Crippen LogP) is 2.04. The van der Waals surface area contributed by atoms with E-state index in [1.54, 1.807) is 6.92 Å². The Bertz CT molecular complexity index is 578. The highest BCUT2D eigenvalue weighted by Gasteiger charge is 2.24. The number of likely N-dealkylation sites (tertiary alicyclic amines) is 1. The van der Waals surface area contributed by atoms with Crippen LogP contribution < -0.4 is 5.32 Å². The van der Waals surface area contributed by atoms with Crippen molar-refractivity contribution in [2.75, 3.05) is 26.2 Å². The van der Waals surface area contributed by atoms with Gasteiger partial charge in [-0.15, -0.1) is 0 Å². The number of β-amino-alcohol motifs (C(OH)–C–C–N with tert-alkyl or cyclic N) is 1. The summed E-state index contributed by atoms with van der Waals surface area (Å²) < 4.78 is 6.06. The lowest BCUT2D eigenvalue weighted by Crippen LogP contribution is -2.49. The third-order valence-electron chi connectivity index (χ3n) is 5.19. The number of nitrogens with one attached hydrogen (secondary N) is 1. The minimum atomic E-state index is -0.495. The second-order valence-corrected chi connectivity index (χ2v) is 7.37. The molecule has 5 nitrogen and oxygen atoms in total. The highest BCUT2D eigenvalue weighted by Crippen LogP contribution is 2.32. The number of carbonyl (C=O) groups excluding carboxylic acids is 1. The van der Waals surface area contributed by atoms with Gasteiger partial charge in [-0.1, -0.05) is 24.3 Å². The number of aliphatic hydroxyl groups is 1. The van der Waals surface area contributed by atoms with E-state index >= 15 is 0 Å². The Hall–Kier alpha value is -1.43. The van der Waals surface area contributed by atoms with Crippen molar-refractivity contribution in [3.05, 3.63) is 35.4 Å². The average molecular weight is 346 g/mol. The number of rotatable bonds is 6. The van der Waals surface area contributed by atoms with Crippen LogP contribution in [0.25, 0.3) is 0 Å². The first-order valence-corrected chi connectivity index (χ1v) is 9.48. The molecule has 1 amide bonds. The molecule has 1 heterocycles. The molecule has 1 saturated heterocycles. The summed E-state index contributed by atoms with van der Waals surface area (Å²) in [4.78, 5) is 13.4. The lowest BCUT2D eigenvalue weighted by Gasteiger charge is -2.34. The number of hydrogen-bond donors (Lipinski definition) is 2. The molecule has 25 heavy (non-hydrogen) atoms. The molecule has 0 spiro atoms. The van der Waals surface area contributed by atoms with Crippen LogP contribution in [0.5, 0.6) is 0 Å². The van der Waals surface area contributed by atoms with E-state index in [4.69, 9.17) is 4.74 Å². The Kier molecular flexibility index (Phi) is 6.45. The van der Waals surface area contributed by atoms with Gasteiger partial charge in [0.2, 0.25) is 5.91 Å². The third kappa shape index (κ3) is 5.27. The standard InChI is InChI=1S/C20H30N2O3/c1-15(23)21-17-8-5-11-22(12-17)13-18(24)14-25-20-10-4-7-16-6-2-3-9-19(16)20/h2-3,6,9,17-18,20,24H,4-5,7-8,10-14H2,1H3,(H,21,23). The number of benzene rings is 1.